The molecular weight excluding hydrogens is 290 g/mol. The molecule has 4 nitrogen and oxygen atoms in total. The summed E-state index contributed by atoms with van der Waals surface area (Å²) in [5.74, 6) is 1.10. The summed E-state index contributed by atoms with van der Waals surface area (Å²) in [7, 11) is 2.10. The smallest absolute Gasteiger partial charge is 0.227 e. The van der Waals surface area contributed by atoms with Gasteiger partial charge >= 0.3 is 0 Å². The minimum absolute atomic E-state index is 0.0795. The Hall–Kier alpha value is -2.23. The van der Waals surface area contributed by atoms with E-state index >= 15 is 0 Å². The first-order valence-electron chi connectivity index (χ1n) is 8.31. The van der Waals surface area contributed by atoms with Gasteiger partial charge in [0.15, 0.2) is 11.5 Å². The van der Waals surface area contributed by atoms with Gasteiger partial charge in [-0.3, -0.25) is 4.79 Å². The van der Waals surface area contributed by atoms with Crippen molar-refractivity contribution in [3.63, 3.8) is 0 Å². The van der Waals surface area contributed by atoms with Crippen molar-refractivity contribution < 1.29 is 9.15 Å². The third-order valence-electron chi connectivity index (χ3n) is 6.08. The number of hydrogen-bond donors (Lipinski definition) is 0. The number of fused-ring (bicyclic) bond motifs is 2. The molecule has 0 amide bonds. The second-order valence-electron chi connectivity index (χ2n) is 6.97. The Morgan fingerprint density at radius 3 is 2.87 bits per heavy atom. The minimum atomic E-state index is -0.460. The summed E-state index contributed by atoms with van der Waals surface area (Å²) < 4.78 is 12.2. The van der Waals surface area contributed by atoms with E-state index in [4.69, 9.17) is 9.15 Å². The first-order valence-corrected chi connectivity index (χ1v) is 8.31. The van der Waals surface area contributed by atoms with E-state index in [9.17, 15) is 4.79 Å². The molecule has 0 bridgehead atoms. The van der Waals surface area contributed by atoms with Crippen LogP contribution in [0.5, 0.6) is 5.75 Å². The zero-order valence-corrected chi connectivity index (χ0v) is 13.2. The van der Waals surface area contributed by atoms with Crippen LogP contribution in [0.1, 0.15) is 37.0 Å². The van der Waals surface area contributed by atoms with Crippen LogP contribution in [0.15, 0.2) is 45.8 Å². The molecule has 2 aliphatic heterocycles. The van der Waals surface area contributed by atoms with E-state index in [-0.39, 0.29) is 10.8 Å². The average Bonchev–Trinajstić information content (AvgIpc) is 2.81. The van der Waals surface area contributed by atoms with Gasteiger partial charge in [0.1, 0.15) is 0 Å². The maximum Gasteiger partial charge on any atom is 0.227 e. The van der Waals surface area contributed by atoms with Crippen molar-refractivity contribution in [2.24, 2.45) is 0 Å². The molecule has 3 heterocycles. The molecule has 118 valence electrons. The maximum absolute atomic E-state index is 12.3. The zero-order chi connectivity index (χ0) is 15.7. The van der Waals surface area contributed by atoms with Gasteiger partial charge in [-0.2, -0.15) is 0 Å². The second-order valence-corrected chi connectivity index (χ2v) is 6.97. The number of anilines is 1. The third-order valence-corrected chi connectivity index (χ3v) is 6.08. The molecule has 1 saturated carbocycles. The van der Waals surface area contributed by atoms with Gasteiger partial charge in [-0.1, -0.05) is 24.6 Å². The van der Waals surface area contributed by atoms with Crippen LogP contribution in [0.4, 0.5) is 5.69 Å². The predicted octanol–water partition coefficient (Wildman–Crippen LogP) is 3.23. The topological polar surface area (TPSA) is 42.7 Å². The lowest BCUT2D eigenvalue weighted by Crippen LogP contribution is -2.65. The number of ether oxygens (including phenoxy) is 1. The Kier molecular flexibility index (Phi) is 2.41. The van der Waals surface area contributed by atoms with Crippen LogP contribution in [0.3, 0.4) is 0 Å². The monoisotopic (exact) mass is 309 g/mol. The fourth-order valence-corrected chi connectivity index (χ4v) is 5.08. The van der Waals surface area contributed by atoms with Gasteiger partial charge in [0.2, 0.25) is 11.2 Å². The summed E-state index contributed by atoms with van der Waals surface area (Å²) >= 11 is 0. The number of rotatable bonds is 0. The molecule has 23 heavy (non-hydrogen) atoms. The van der Waals surface area contributed by atoms with Crippen molar-refractivity contribution >= 4 is 5.69 Å². The molecule has 3 aliphatic rings. The van der Waals surface area contributed by atoms with Crippen molar-refractivity contribution in [2.75, 3.05) is 11.9 Å². The predicted molar refractivity (Wildman–Crippen MR) is 87.0 cm³/mol. The van der Waals surface area contributed by atoms with Crippen molar-refractivity contribution in [3.05, 3.63) is 58.1 Å². The number of likely N-dealkylation sites (N-methyl/N-ethyl adjacent to an activating group) is 1. The summed E-state index contributed by atoms with van der Waals surface area (Å²) in [6.45, 7) is 0. The summed E-state index contributed by atoms with van der Waals surface area (Å²) in [5.41, 5.74) is 1.89. The van der Waals surface area contributed by atoms with E-state index < -0.39 is 5.72 Å². The van der Waals surface area contributed by atoms with E-state index in [0.717, 1.165) is 25.7 Å². The van der Waals surface area contributed by atoms with Crippen LogP contribution < -0.4 is 15.1 Å². The minimum Gasteiger partial charge on any atom is -0.465 e. The van der Waals surface area contributed by atoms with Gasteiger partial charge in [0, 0.05) is 31.6 Å². The molecule has 0 N–H and O–H groups in total. The summed E-state index contributed by atoms with van der Waals surface area (Å²) in [5, 5.41) is 0. The molecule has 1 aromatic carbocycles. The Labute approximate surface area is 134 Å². The molecule has 1 aliphatic carbocycles. The highest BCUT2D eigenvalue weighted by Gasteiger charge is 2.66. The van der Waals surface area contributed by atoms with E-state index in [1.54, 1.807) is 0 Å². The van der Waals surface area contributed by atoms with Crippen molar-refractivity contribution in [3.8, 4) is 5.75 Å². The van der Waals surface area contributed by atoms with Crippen molar-refractivity contribution in [1.29, 1.82) is 0 Å². The highest BCUT2D eigenvalue weighted by molar-refractivity contribution is 5.67. The maximum atomic E-state index is 12.3. The van der Waals surface area contributed by atoms with Crippen LogP contribution in [-0.4, -0.2) is 12.8 Å². The van der Waals surface area contributed by atoms with Crippen LogP contribution in [0.2, 0.25) is 0 Å². The molecule has 1 fully saturated rings. The Morgan fingerprint density at radius 1 is 1.13 bits per heavy atom. The standard InChI is InChI=1S/C19H19NO3/c1-20-14-7-3-2-6-13(14)18-9-4-5-10-19(18,20)23-17-15(21)8-11-22-16(17)12-18/h2-3,6-8,11H,4-5,9-10,12H2,1H3/t18-,19-/m0/s1. The third kappa shape index (κ3) is 1.40. The normalized spacial score (nSPS) is 30.7. The largest absolute Gasteiger partial charge is 0.465 e. The van der Waals surface area contributed by atoms with Crippen LogP contribution in [0.25, 0.3) is 0 Å². The number of benzene rings is 1. The van der Waals surface area contributed by atoms with Gasteiger partial charge in [-0.25, -0.2) is 0 Å². The molecular formula is C19H19NO3. The quantitative estimate of drug-likeness (QED) is 0.749. The molecule has 0 saturated heterocycles. The molecule has 2 atom stereocenters. The number of para-hydroxylation sites is 1. The first kappa shape index (κ1) is 13.2. The summed E-state index contributed by atoms with van der Waals surface area (Å²) in [4.78, 5) is 14.6. The molecule has 0 unspecified atom stereocenters. The lowest BCUT2D eigenvalue weighted by atomic mass is 9.62. The molecule has 4 heteroatoms. The molecule has 0 radical (unpaired) electrons. The summed E-state index contributed by atoms with van der Waals surface area (Å²) in [6, 6.07) is 10.00. The van der Waals surface area contributed by atoms with Gasteiger partial charge in [0.05, 0.1) is 11.7 Å². The highest BCUT2D eigenvalue weighted by atomic mass is 16.5. The number of nitrogens with zero attached hydrogens (tertiary/aromatic N) is 1. The first-order chi connectivity index (χ1) is 11.2. The Morgan fingerprint density at radius 2 is 1.96 bits per heavy atom. The van der Waals surface area contributed by atoms with E-state index in [1.165, 1.54) is 30.0 Å². The highest BCUT2D eigenvalue weighted by Crippen LogP contribution is 2.61. The van der Waals surface area contributed by atoms with Crippen LogP contribution >= 0.6 is 0 Å². The summed E-state index contributed by atoms with van der Waals surface area (Å²) in [6.07, 6.45) is 6.52. The fourth-order valence-electron chi connectivity index (χ4n) is 5.08. The average molecular weight is 309 g/mol. The lowest BCUT2D eigenvalue weighted by Gasteiger charge is -2.54. The van der Waals surface area contributed by atoms with Gasteiger partial charge < -0.3 is 14.1 Å². The number of hydrogen-bond acceptors (Lipinski definition) is 4. The fraction of sp³-hybridized carbons (Fsp3) is 0.421. The van der Waals surface area contributed by atoms with Gasteiger partial charge in [-0.05, 0) is 24.5 Å². The SMILES string of the molecule is CN1c2ccccc2[C@@]23CCCC[C@@]12Oc1c(occc1=O)C3. The van der Waals surface area contributed by atoms with Crippen LogP contribution in [0, 0.1) is 0 Å². The second kappa shape index (κ2) is 4.19. The molecule has 1 aromatic heterocycles. The molecule has 0 spiro atoms. The van der Waals surface area contributed by atoms with Crippen molar-refractivity contribution in [1.82, 2.24) is 0 Å². The van der Waals surface area contributed by atoms with Crippen molar-refractivity contribution in [2.45, 2.75) is 43.2 Å². The Bertz CT molecular complexity index is 858. The zero-order valence-electron chi connectivity index (χ0n) is 13.2. The molecule has 5 rings (SSSR count). The Balaban J connectivity index is 1.82. The van der Waals surface area contributed by atoms with Gasteiger partial charge in [0.25, 0.3) is 0 Å². The van der Waals surface area contributed by atoms with E-state index in [1.807, 2.05) is 0 Å². The van der Waals surface area contributed by atoms with E-state index in [0.29, 0.717) is 11.5 Å². The molecule has 2 aromatic rings. The van der Waals surface area contributed by atoms with E-state index in [2.05, 4.69) is 36.2 Å². The lowest BCUT2D eigenvalue weighted by molar-refractivity contribution is -0.0562. The van der Waals surface area contributed by atoms with Gasteiger partial charge in [-0.15, -0.1) is 0 Å². The van der Waals surface area contributed by atoms with Crippen LogP contribution in [-0.2, 0) is 11.8 Å².